The highest BCUT2D eigenvalue weighted by Gasteiger charge is 2.30. The zero-order chi connectivity index (χ0) is 18.2. The second kappa shape index (κ2) is 9.72. The minimum atomic E-state index is 0.0461. The quantitative estimate of drug-likeness (QED) is 0.787. The van der Waals surface area contributed by atoms with E-state index >= 15 is 0 Å². The van der Waals surface area contributed by atoms with Gasteiger partial charge in [-0.25, -0.2) is 0 Å². The van der Waals surface area contributed by atoms with Gasteiger partial charge in [0.2, 0.25) is 11.8 Å². The van der Waals surface area contributed by atoms with Gasteiger partial charge in [-0.05, 0) is 50.5 Å². The molecule has 2 aliphatic rings. The maximum atomic E-state index is 12.3. The summed E-state index contributed by atoms with van der Waals surface area (Å²) in [6.07, 6.45) is 6.37. The summed E-state index contributed by atoms with van der Waals surface area (Å²) >= 11 is 0. The van der Waals surface area contributed by atoms with Gasteiger partial charge in [0.25, 0.3) is 0 Å². The van der Waals surface area contributed by atoms with E-state index in [1.165, 1.54) is 5.56 Å². The lowest BCUT2D eigenvalue weighted by molar-refractivity contribution is -0.130. The summed E-state index contributed by atoms with van der Waals surface area (Å²) in [5.41, 5.74) is 1.24. The molecule has 1 aliphatic heterocycles. The van der Waals surface area contributed by atoms with Gasteiger partial charge in [0.1, 0.15) is 0 Å². The summed E-state index contributed by atoms with van der Waals surface area (Å²) in [6, 6.07) is 10.2. The first-order valence-corrected chi connectivity index (χ1v) is 9.93. The minimum absolute atomic E-state index is 0.0461. The Balaban J connectivity index is 1.32. The Kier molecular flexibility index (Phi) is 7.06. The molecule has 2 fully saturated rings. The third kappa shape index (κ3) is 5.56. The number of ether oxygens (including phenoxy) is 1. The molecular weight excluding hydrogens is 328 g/mol. The van der Waals surface area contributed by atoms with Crippen molar-refractivity contribution in [2.45, 2.75) is 51.0 Å². The molecule has 1 aromatic carbocycles. The van der Waals surface area contributed by atoms with E-state index in [4.69, 9.17) is 4.74 Å². The zero-order valence-electron chi connectivity index (χ0n) is 15.4. The molecular formula is C21H30N2O3. The van der Waals surface area contributed by atoms with Crippen molar-refractivity contribution in [1.82, 2.24) is 10.6 Å². The summed E-state index contributed by atoms with van der Waals surface area (Å²) < 4.78 is 5.54. The highest BCUT2D eigenvalue weighted by Crippen LogP contribution is 2.29. The summed E-state index contributed by atoms with van der Waals surface area (Å²) in [5.74, 6) is 0.361. The summed E-state index contributed by atoms with van der Waals surface area (Å²) in [4.78, 5) is 24.6. The van der Waals surface area contributed by atoms with Crippen LogP contribution in [0.2, 0.25) is 0 Å². The van der Waals surface area contributed by atoms with Gasteiger partial charge >= 0.3 is 0 Å². The van der Waals surface area contributed by atoms with Crippen molar-refractivity contribution in [3.63, 3.8) is 0 Å². The number of hydrogen-bond donors (Lipinski definition) is 2. The van der Waals surface area contributed by atoms with E-state index in [9.17, 15) is 9.59 Å². The van der Waals surface area contributed by atoms with Crippen molar-refractivity contribution in [1.29, 1.82) is 0 Å². The van der Waals surface area contributed by atoms with Crippen LogP contribution < -0.4 is 10.6 Å². The molecule has 26 heavy (non-hydrogen) atoms. The van der Waals surface area contributed by atoms with Crippen LogP contribution in [-0.4, -0.2) is 37.6 Å². The highest BCUT2D eigenvalue weighted by molar-refractivity contribution is 5.81. The maximum Gasteiger partial charge on any atom is 0.223 e. The fraction of sp³-hybridized carbons (Fsp3) is 0.619. The van der Waals surface area contributed by atoms with Crippen LogP contribution in [0.4, 0.5) is 0 Å². The number of carbonyl (C=O) groups excluding carboxylic acids is 2. The Bertz CT molecular complexity index is 576. The largest absolute Gasteiger partial charge is 0.376 e. The second-order valence-corrected chi connectivity index (χ2v) is 7.46. The van der Waals surface area contributed by atoms with Crippen LogP contribution in [0.5, 0.6) is 0 Å². The second-order valence-electron chi connectivity index (χ2n) is 7.46. The molecule has 1 saturated carbocycles. The molecule has 5 nitrogen and oxygen atoms in total. The highest BCUT2D eigenvalue weighted by atomic mass is 16.5. The van der Waals surface area contributed by atoms with Gasteiger partial charge in [-0.3, -0.25) is 9.59 Å². The summed E-state index contributed by atoms with van der Waals surface area (Å²) in [7, 11) is 0. The molecule has 1 unspecified atom stereocenters. The van der Waals surface area contributed by atoms with Crippen molar-refractivity contribution in [3.05, 3.63) is 35.9 Å². The SMILES string of the molecule is O=C(NCCc1ccccc1)C1CCC(C(=O)NCC2CCCO2)CC1. The van der Waals surface area contributed by atoms with Crippen molar-refractivity contribution in [2.75, 3.05) is 19.7 Å². The van der Waals surface area contributed by atoms with Crippen LogP contribution in [0, 0.1) is 11.8 Å². The summed E-state index contributed by atoms with van der Waals surface area (Å²) in [6.45, 7) is 2.11. The first-order valence-electron chi connectivity index (χ1n) is 9.93. The molecule has 0 aromatic heterocycles. The average molecular weight is 358 g/mol. The maximum absolute atomic E-state index is 12.3. The molecule has 1 heterocycles. The van der Waals surface area contributed by atoms with E-state index in [-0.39, 0.29) is 29.8 Å². The minimum Gasteiger partial charge on any atom is -0.376 e. The predicted octanol–water partition coefficient (Wildman–Crippen LogP) is 2.45. The molecule has 0 spiro atoms. The molecule has 0 radical (unpaired) electrons. The van der Waals surface area contributed by atoms with Crippen LogP contribution in [0.3, 0.4) is 0 Å². The number of amides is 2. The number of nitrogens with one attached hydrogen (secondary N) is 2. The average Bonchev–Trinajstić information content (AvgIpc) is 3.20. The van der Waals surface area contributed by atoms with Crippen molar-refractivity contribution in [2.24, 2.45) is 11.8 Å². The fourth-order valence-electron chi connectivity index (χ4n) is 3.90. The lowest BCUT2D eigenvalue weighted by Gasteiger charge is -2.27. The van der Waals surface area contributed by atoms with Gasteiger partial charge < -0.3 is 15.4 Å². The van der Waals surface area contributed by atoms with E-state index in [0.717, 1.165) is 51.6 Å². The molecule has 1 aromatic rings. The number of hydrogen-bond acceptors (Lipinski definition) is 3. The monoisotopic (exact) mass is 358 g/mol. The van der Waals surface area contributed by atoms with E-state index < -0.39 is 0 Å². The molecule has 1 aliphatic carbocycles. The van der Waals surface area contributed by atoms with Crippen molar-refractivity contribution in [3.8, 4) is 0 Å². The van der Waals surface area contributed by atoms with Gasteiger partial charge in [-0.1, -0.05) is 30.3 Å². The Morgan fingerprint density at radius 2 is 1.58 bits per heavy atom. The molecule has 1 saturated heterocycles. The normalized spacial score (nSPS) is 25.6. The van der Waals surface area contributed by atoms with Crippen LogP contribution in [0.25, 0.3) is 0 Å². The Labute approximate surface area is 155 Å². The zero-order valence-corrected chi connectivity index (χ0v) is 15.4. The van der Waals surface area contributed by atoms with Gasteiger partial charge in [0.15, 0.2) is 0 Å². The number of rotatable bonds is 7. The van der Waals surface area contributed by atoms with Crippen LogP contribution in [0.1, 0.15) is 44.1 Å². The molecule has 1 atom stereocenters. The number of benzene rings is 1. The van der Waals surface area contributed by atoms with E-state index in [0.29, 0.717) is 13.1 Å². The standard InChI is InChI=1S/C21H30N2O3/c24-20(22-13-12-16-5-2-1-3-6-16)17-8-10-18(11-9-17)21(25)23-15-19-7-4-14-26-19/h1-3,5-6,17-19H,4,7-15H2,(H,22,24)(H,23,25). The third-order valence-electron chi connectivity index (χ3n) is 5.55. The first-order chi connectivity index (χ1) is 12.7. The molecule has 2 N–H and O–H groups in total. The van der Waals surface area contributed by atoms with E-state index in [1.54, 1.807) is 0 Å². The smallest absolute Gasteiger partial charge is 0.223 e. The Hall–Kier alpha value is -1.88. The summed E-state index contributed by atoms with van der Waals surface area (Å²) in [5, 5.41) is 6.08. The topological polar surface area (TPSA) is 67.4 Å². The fourth-order valence-corrected chi connectivity index (χ4v) is 3.90. The Morgan fingerprint density at radius 1 is 0.923 bits per heavy atom. The van der Waals surface area contributed by atoms with Crippen LogP contribution in [0.15, 0.2) is 30.3 Å². The van der Waals surface area contributed by atoms with Crippen molar-refractivity contribution >= 4 is 11.8 Å². The molecule has 2 amide bonds. The van der Waals surface area contributed by atoms with Gasteiger partial charge in [0.05, 0.1) is 6.10 Å². The molecule has 3 rings (SSSR count). The van der Waals surface area contributed by atoms with E-state index in [2.05, 4.69) is 22.8 Å². The van der Waals surface area contributed by atoms with Gasteiger partial charge in [-0.15, -0.1) is 0 Å². The predicted molar refractivity (Wildman–Crippen MR) is 101 cm³/mol. The lowest BCUT2D eigenvalue weighted by atomic mass is 9.81. The number of carbonyl (C=O) groups is 2. The molecule has 5 heteroatoms. The van der Waals surface area contributed by atoms with E-state index in [1.807, 2.05) is 18.2 Å². The molecule has 0 bridgehead atoms. The molecule has 142 valence electrons. The van der Waals surface area contributed by atoms with Crippen LogP contribution >= 0.6 is 0 Å². The first kappa shape index (κ1) is 18.9. The third-order valence-corrected chi connectivity index (χ3v) is 5.55. The van der Waals surface area contributed by atoms with Crippen molar-refractivity contribution < 1.29 is 14.3 Å². The Morgan fingerprint density at radius 3 is 2.19 bits per heavy atom. The van der Waals surface area contributed by atoms with Gasteiger partial charge in [-0.2, -0.15) is 0 Å². The lowest BCUT2D eigenvalue weighted by Crippen LogP contribution is -2.40. The van der Waals surface area contributed by atoms with Gasteiger partial charge in [0, 0.05) is 31.5 Å². The van der Waals surface area contributed by atoms with Crippen LogP contribution in [-0.2, 0) is 20.7 Å².